The van der Waals surface area contributed by atoms with Crippen molar-refractivity contribution in [2.24, 2.45) is 0 Å². The smallest absolute Gasteiger partial charge is 0.243 e. The van der Waals surface area contributed by atoms with Gasteiger partial charge >= 0.3 is 0 Å². The summed E-state index contributed by atoms with van der Waals surface area (Å²) in [6.07, 6.45) is 2.68. The first-order valence-corrected chi connectivity index (χ1v) is 12.1. The number of para-hydroxylation sites is 1. The quantitative estimate of drug-likeness (QED) is 0.477. The Morgan fingerprint density at radius 1 is 1.21 bits per heavy atom. The molecule has 0 spiro atoms. The van der Waals surface area contributed by atoms with Crippen molar-refractivity contribution in [3.05, 3.63) is 48.1 Å². The molecule has 3 aromatic rings. The molecule has 0 saturated carbocycles. The molecule has 1 saturated heterocycles. The Balaban J connectivity index is 1.73. The Hall–Kier alpha value is -3.32. The van der Waals surface area contributed by atoms with Crippen LogP contribution < -0.4 is 14.2 Å². The molecule has 1 aromatic carbocycles. The Bertz CT molecular complexity index is 1220. The molecular formula is C21H25FN6O5S. The predicted octanol–water partition coefficient (Wildman–Crippen LogP) is 2.09. The molecule has 0 amide bonds. The van der Waals surface area contributed by atoms with E-state index < -0.39 is 21.1 Å². The number of hydrogen-bond acceptors (Lipinski definition) is 9. The van der Waals surface area contributed by atoms with Gasteiger partial charge in [-0.05, 0) is 25.5 Å². The van der Waals surface area contributed by atoms with Crippen LogP contribution in [-0.2, 0) is 21.2 Å². The molecule has 11 nitrogen and oxygen atoms in total. The van der Waals surface area contributed by atoms with E-state index in [2.05, 4.69) is 24.9 Å². The van der Waals surface area contributed by atoms with Crippen LogP contribution in [-0.4, -0.2) is 65.8 Å². The molecule has 0 bridgehead atoms. The van der Waals surface area contributed by atoms with Crippen molar-refractivity contribution in [2.45, 2.75) is 30.9 Å². The van der Waals surface area contributed by atoms with Crippen LogP contribution in [0.5, 0.6) is 11.5 Å². The highest BCUT2D eigenvalue weighted by molar-refractivity contribution is 7.93. The third-order valence-corrected chi connectivity index (χ3v) is 7.21. The topological polar surface area (TPSA) is 130 Å². The second-order valence-electron chi connectivity index (χ2n) is 7.77. The van der Waals surface area contributed by atoms with Crippen LogP contribution in [0.4, 0.5) is 10.3 Å². The molecule has 1 aliphatic rings. The van der Waals surface area contributed by atoms with Crippen molar-refractivity contribution >= 4 is 16.0 Å². The number of anilines is 1. The van der Waals surface area contributed by atoms with Crippen molar-refractivity contribution in [3.8, 4) is 17.2 Å². The van der Waals surface area contributed by atoms with Gasteiger partial charge in [0.15, 0.2) is 5.82 Å². The van der Waals surface area contributed by atoms with Crippen LogP contribution in [0.15, 0.2) is 30.6 Å². The number of ether oxygens (including phenoxy) is 3. The van der Waals surface area contributed by atoms with Gasteiger partial charge in [0, 0.05) is 18.9 Å². The molecule has 1 N–H and O–H groups in total. The summed E-state index contributed by atoms with van der Waals surface area (Å²) in [6, 6.07) is 5.23. The van der Waals surface area contributed by atoms with Crippen LogP contribution in [0.3, 0.4) is 0 Å². The van der Waals surface area contributed by atoms with Gasteiger partial charge < -0.3 is 14.2 Å². The highest BCUT2D eigenvalue weighted by Gasteiger charge is 2.31. The third kappa shape index (κ3) is 4.80. The predicted molar refractivity (Wildman–Crippen MR) is 120 cm³/mol. The fourth-order valence-corrected chi connectivity index (χ4v) is 4.63. The maximum atomic E-state index is 13.2. The SMILES string of the molecule is COc1cccc(OC)c1-n1c(NS(=O)(=O)[C@H](C)Cc2ncc(F)cn2)nnc1[C@@H]1CCOC1. The summed E-state index contributed by atoms with van der Waals surface area (Å²) in [7, 11) is -0.942. The fraction of sp³-hybridized carbons (Fsp3) is 0.429. The zero-order chi connectivity index (χ0) is 24.3. The van der Waals surface area contributed by atoms with Crippen LogP contribution in [0.1, 0.15) is 30.9 Å². The molecule has 34 heavy (non-hydrogen) atoms. The van der Waals surface area contributed by atoms with Crippen LogP contribution in [0, 0.1) is 5.82 Å². The van der Waals surface area contributed by atoms with Crippen molar-refractivity contribution in [1.82, 2.24) is 24.7 Å². The molecule has 0 unspecified atom stereocenters. The summed E-state index contributed by atoms with van der Waals surface area (Å²) in [5, 5.41) is 7.50. The average Bonchev–Trinajstić information content (AvgIpc) is 3.49. The first-order chi connectivity index (χ1) is 16.3. The molecular weight excluding hydrogens is 467 g/mol. The Morgan fingerprint density at radius 2 is 1.88 bits per heavy atom. The number of rotatable bonds is 9. The summed E-state index contributed by atoms with van der Waals surface area (Å²) in [5.41, 5.74) is 0.464. The molecule has 13 heteroatoms. The number of methoxy groups -OCH3 is 2. The second kappa shape index (κ2) is 9.89. The number of hydrogen-bond donors (Lipinski definition) is 1. The second-order valence-corrected chi connectivity index (χ2v) is 9.87. The minimum Gasteiger partial charge on any atom is -0.494 e. The monoisotopic (exact) mass is 492 g/mol. The third-order valence-electron chi connectivity index (χ3n) is 5.52. The minimum absolute atomic E-state index is 0.0171. The molecule has 0 aliphatic carbocycles. The van der Waals surface area contributed by atoms with Gasteiger partial charge in [0.05, 0.1) is 38.5 Å². The van der Waals surface area contributed by atoms with E-state index in [0.29, 0.717) is 42.6 Å². The lowest BCUT2D eigenvalue weighted by molar-refractivity contribution is 0.193. The number of nitrogens with one attached hydrogen (secondary N) is 1. The van der Waals surface area contributed by atoms with E-state index in [0.717, 1.165) is 12.4 Å². The van der Waals surface area contributed by atoms with Gasteiger partial charge in [-0.3, -0.25) is 9.29 Å². The van der Waals surface area contributed by atoms with Gasteiger partial charge in [-0.1, -0.05) is 6.07 Å². The average molecular weight is 493 g/mol. The maximum Gasteiger partial charge on any atom is 0.243 e. The summed E-state index contributed by atoms with van der Waals surface area (Å²) in [6.45, 7) is 2.50. The standard InChI is InChI=1S/C21H25FN6O5S/c1-13(9-18-23-10-15(22)11-24-18)34(29,30)27-21-26-25-20(14-7-8-33-12-14)28(21)19-16(31-2)5-4-6-17(19)32-3/h4-6,10-11,13-14H,7-9,12H2,1-3H3,(H,26,27)/t13-,14-/m1/s1. The fourth-order valence-electron chi connectivity index (χ4n) is 3.68. The maximum absolute atomic E-state index is 13.2. The van der Waals surface area contributed by atoms with Crippen LogP contribution >= 0.6 is 0 Å². The van der Waals surface area contributed by atoms with Gasteiger partial charge in [-0.25, -0.2) is 22.8 Å². The van der Waals surface area contributed by atoms with Gasteiger partial charge in [-0.15, -0.1) is 10.2 Å². The number of benzene rings is 1. The van der Waals surface area contributed by atoms with Crippen molar-refractivity contribution in [2.75, 3.05) is 32.2 Å². The van der Waals surface area contributed by atoms with Crippen LogP contribution in [0.25, 0.3) is 5.69 Å². The van der Waals surface area contributed by atoms with Crippen molar-refractivity contribution < 1.29 is 27.0 Å². The molecule has 1 fully saturated rings. The molecule has 0 radical (unpaired) electrons. The van der Waals surface area contributed by atoms with E-state index in [9.17, 15) is 12.8 Å². The van der Waals surface area contributed by atoms with E-state index in [1.54, 1.807) is 22.8 Å². The molecule has 2 atom stereocenters. The molecule has 182 valence electrons. The van der Waals surface area contributed by atoms with E-state index in [-0.39, 0.29) is 24.1 Å². The van der Waals surface area contributed by atoms with E-state index in [1.807, 2.05) is 0 Å². The van der Waals surface area contributed by atoms with Gasteiger partial charge in [0.2, 0.25) is 16.0 Å². The van der Waals surface area contributed by atoms with E-state index in [4.69, 9.17) is 14.2 Å². The van der Waals surface area contributed by atoms with Crippen molar-refractivity contribution in [3.63, 3.8) is 0 Å². The zero-order valence-corrected chi connectivity index (χ0v) is 19.7. The highest BCUT2D eigenvalue weighted by atomic mass is 32.2. The van der Waals surface area contributed by atoms with Crippen molar-refractivity contribution in [1.29, 1.82) is 0 Å². The summed E-state index contributed by atoms with van der Waals surface area (Å²) in [5.74, 6) is 0.921. The largest absolute Gasteiger partial charge is 0.494 e. The summed E-state index contributed by atoms with van der Waals surface area (Å²) in [4.78, 5) is 7.69. The first-order valence-electron chi connectivity index (χ1n) is 10.6. The minimum atomic E-state index is -3.96. The normalized spacial score (nSPS) is 16.9. The lowest BCUT2D eigenvalue weighted by Gasteiger charge is -2.20. The summed E-state index contributed by atoms with van der Waals surface area (Å²) < 4.78 is 60.2. The molecule has 3 heterocycles. The Kier molecular flexibility index (Phi) is 6.93. The highest BCUT2D eigenvalue weighted by Crippen LogP contribution is 2.38. The Morgan fingerprint density at radius 3 is 2.47 bits per heavy atom. The number of aromatic nitrogens is 5. The van der Waals surface area contributed by atoms with Gasteiger partial charge in [0.1, 0.15) is 28.8 Å². The molecule has 4 rings (SSSR count). The zero-order valence-electron chi connectivity index (χ0n) is 18.9. The lowest BCUT2D eigenvalue weighted by Crippen LogP contribution is -2.29. The van der Waals surface area contributed by atoms with E-state index >= 15 is 0 Å². The molecule has 1 aliphatic heterocycles. The number of nitrogens with zero attached hydrogens (tertiary/aromatic N) is 5. The van der Waals surface area contributed by atoms with E-state index in [1.165, 1.54) is 21.1 Å². The summed E-state index contributed by atoms with van der Waals surface area (Å²) >= 11 is 0. The number of halogens is 1. The molecule has 2 aromatic heterocycles. The first kappa shape index (κ1) is 23.8. The lowest BCUT2D eigenvalue weighted by atomic mass is 10.1. The number of sulfonamides is 1. The van der Waals surface area contributed by atoms with Gasteiger partial charge in [-0.2, -0.15) is 0 Å². The van der Waals surface area contributed by atoms with Crippen LogP contribution in [0.2, 0.25) is 0 Å². The Labute approximate surface area is 196 Å². The van der Waals surface area contributed by atoms with Gasteiger partial charge in [0.25, 0.3) is 0 Å².